The van der Waals surface area contributed by atoms with E-state index in [2.05, 4.69) is 10.1 Å². The van der Waals surface area contributed by atoms with E-state index in [0.29, 0.717) is 10.8 Å². The molecule has 2 rings (SSSR count). The number of hydrogen-bond acceptors (Lipinski definition) is 5. The van der Waals surface area contributed by atoms with Crippen molar-refractivity contribution in [2.24, 2.45) is 10.9 Å². The molecule has 3 N–H and O–H groups in total. The van der Waals surface area contributed by atoms with E-state index in [1.165, 1.54) is 18.0 Å². The Morgan fingerprint density at radius 2 is 2.25 bits per heavy atom. The van der Waals surface area contributed by atoms with Crippen molar-refractivity contribution in [2.75, 3.05) is 0 Å². The number of hydrogen-bond donors (Lipinski definition) is 2. The van der Waals surface area contributed by atoms with Crippen LogP contribution in [-0.4, -0.2) is 16.0 Å². The summed E-state index contributed by atoms with van der Waals surface area (Å²) in [6.45, 7) is 0. The van der Waals surface area contributed by atoms with Crippen molar-refractivity contribution < 1.29 is 9.62 Å². The van der Waals surface area contributed by atoms with E-state index < -0.39 is 0 Å². The summed E-state index contributed by atoms with van der Waals surface area (Å²) < 4.78 is 5.11. The molecule has 0 unspecified atom stereocenters. The van der Waals surface area contributed by atoms with Gasteiger partial charge in [-0.2, -0.15) is 0 Å². The summed E-state index contributed by atoms with van der Waals surface area (Å²) in [6.07, 6.45) is 3.06. The zero-order valence-electron chi connectivity index (χ0n) is 8.20. The van der Waals surface area contributed by atoms with Crippen LogP contribution < -0.4 is 5.73 Å². The number of aromatic nitrogens is 1. The maximum atomic E-state index is 8.65. The predicted octanol–water partition coefficient (Wildman–Crippen LogP) is 1.92. The van der Waals surface area contributed by atoms with Crippen LogP contribution in [0.4, 0.5) is 0 Å². The molecule has 0 aliphatic heterocycles. The van der Waals surface area contributed by atoms with Gasteiger partial charge in [0, 0.05) is 10.5 Å². The summed E-state index contributed by atoms with van der Waals surface area (Å²) in [5.74, 6) is 0.0645. The molecule has 2 aromatic rings. The lowest BCUT2D eigenvalue weighted by Gasteiger charge is -2.04. The lowest BCUT2D eigenvalue weighted by molar-refractivity contribution is 0.318. The molecule has 0 radical (unpaired) electrons. The first-order chi connectivity index (χ1) is 7.81. The van der Waals surface area contributed by atoms with Crippen molar-refractivity contribution in [2.45, 2.75) is 10.1 Å². The Kier molecular flexibility index (Phi) is 3.11. The molecular formula is C10H9N3O2S. The number of oxime groups is 1. The van der Waals surface area contributed by atoms with E-state index >= 15 is 0 Å². The van der Waals surface area contributed by atoms with Gasteiger partial charge in [-0.15, -0.1) is 0 Å². The molecule has 6 heteroatoms. The molecule has 16 heavy (non-hydrogen) atoms. The maximum absolute atomic E-state index is 8.65. The molecular weight excluding hydrogens is 226 g/mol. The van der Waals surface area contributed by atoms with Crippen LogP contribution in [0.5, 0.6) is 0 Å². The van der Waals surface area contributed by atoms with Crippen molar-refractivity contribution >= 4 is 17.6 Å². The Balaban J connectivity index is 2.34. The zero-order valence-corrected chi connectivity index (χ0v) is 9.02. The Hall–Kier alpha value is -1.95. The van der Waals surface area contributed by atoms with Gasteiger partial charge < -0.3 is 15.4 Å². The molecule has 0 aliphatic carbocycles. The fourth-order valence-corrected chi connectivity index (χ4v) is 2.01. The highest BCUT2D eigenvalue weighted by atomic mass is 32.2. The van der Waals surface area contributed by atoms with Crippen LogP contribution in [0.2, 0.25) is 0 Å². The molecule has 0 aliphatic rings. The second-order valence-corrected chi connectivity index (χ2v) is 3.87. The SMILES string of the molecule is N/C(=N/O)c1ccccc1Sc1ncco1. The van der Waals surface area contributed by atoms with E-state index in [-0.39, 0.29) is 5.84 Å². The molecule has 82 valence electrons. The van der Waals surface area contributed by atoms with Crippen LogP contribution in [0.15, 0.2) is 56.4 Å². The minimum Gasteiger partial charge on any atom is -0.440 e. The van der Waals surface area contributed by atoms with E-state index in [4.69, 9.17) is 15.4 Å². The van der Waals surface area contributed by atoms with Crippen LogP contribution in [0.25, 0.3) is 0 Å². The first kappa shape index (κ1) is 10.6. The van der Waals surface area contributed by atoms with E-state index in [1.807, 2.05) is 18.2 Å². The number of amidine groups is 1. The molecule has 0 spiro atoms. The van der Waals surface area contributed by atoms with Gasteiger partial charge in [-0.05, 0) is 17.8 Å². The Morgan fingerprint density at radius 1 is 1.44 bits per heavy atom. The Morgan fingerprint density at radius 3 is 2.94 bits per heavy atom. The fraction of sp³-hybridized carbons (Fsp3) is 0. The predicted molar refractivity (Wildman–Crippen MR) is 59.6 cm³/mol. The van der Waals surface area contributed by atoms with Gasteiger partial charge in [-0.3, -0.25) is 0 Å². The summed E-state index contributed by atoms with van der Waals surface area (Å²) in [5, 5.41) is 12.1. The third-order valence-electron chi connectivity index (χ3n) is 1.88. The molecule has 1 aromatic carbocycles. The van der Waals surface area contributed by atoms with Gasteiger partial charge in [0.15, 0.2) is 5.84 Å². The molecule has 0 fully saturated rings. The van der Waals surface area contributed by atoms with Gasteiger partial charge in [-0.1, -0.05) is 23.4 Å². The van der Waals surface area contributed by atoms with Crippen LogP contribution in [0.1, 0.15) is 5.56 Å². The Labute approximate surface area is 96.0 Å². The smallest absolute Gasteiger partial charge is 0.260 e. The Bertz CT molecular complexity index is 497. The molecule has 5 nitrogen and oxygen atoms in total. The van der Waals surface area contributed by atoms with Gasteiger partial charge in [0.1, 0.15) is 6.26 Å². The molecule has 0 saturated heterocycles. The summed E-state index contributed by atoms with van der Waals surface area (Å²) in [4.78, 5) is 4.81. The first-order valence-corrected chi connectivity index (χ1v) is 5.27. The highest BCUT2D eigenvalue weighted by molar-refractivity contribution is 7.99. The van der Waals surface area contributed by atoms with Crippen molar-refractivity contribution in [3.63, 3.8) is 0 Å². The molecule has 0 amide bonds. The van der Waals surface area contributed by atoms with E-state index in [9.17, 15) is 0 Å². The fourth-order valence-electron chi connectivity index (χ4n) is 1.18. The number of nitrogens with two attached hydrogens (primary N) is 1. The molecule has 0 saturated carbocycles. The van der Waals surface area contributed by atoms with Gasteiger partial charge in [-0.25, -0.2) is 4.98 Å². The zero-order chi connectivity index (χ0) is 11.4. The molecule has 0 atom stereocenters. The van der Waals surface area contributed by atoms with E-state index in [1.54, 1.807) is 12.3 Å². The van der Waals surface area contributed by atoms with Crippen molar-refractivity contribution in [3.8, 4) is 0 Å². The van der Waals surface area contributed by atoms with Gasteiger partial charge in [0.05, 0.1) is 6.20 Å². The topological polar surface area (TPSA) is 84.6 Å². The maximum Gasteiger partial charge on any atom is 0.260 e. The number of rotatable bonds is 3. The minimum absolute atomic E-state index is 0.0645. The number of nitrogens with zero attached hydrogens (tertiary/aromatic N) is 2. The highest BCUT2D eigenvalue weighted by Crippen LogP contribution is 2.28. The van der Waals surface area contributed by atoms with Crippen molar-refractivity contribution in [1.82, 2.24) is 4.98 Å². The van der Waals surface area contributed by atoms with Crippen LogP contribution in [0.3, 0.4) is 0 Å². The minimum atomic E-state index is 0.0645. The molecule has 0 bridgehead atoms. The highest BCUT2D eigenvalue weighted by Gasteiger charge is 2.09. The average molecular weight is 235 g/mol. The third-order valence-corrected chi connectivity index (χ3v) is 2.83. The van der Waals surface area contributed by atoms with Crippen molar-refractivity contribution in [3.05, 3.63) is 42.3 Å². The molecule has 1 aromatic heterocycles. The molecule has 1 heterocycles. The normalized spacial score (nSPS) is 11.6. The summed E-state index contributed by atoms with van der Waals surface area (Å²) in [5.41, 5.74) is 6.21. The summed E-state index contributed by atoms with van der Waals surface area (Å²) in [7, 11) is 0. The number of oxazole rings is 1. The van der Waals surface area contributed by atoms with Crippen molar-refractivity contribution in [1.29, 1.82) is 0 Å². The van der Waals surface area contributed by atoms with E-state index in [0.717, 1.165) is 4.90 Å². The average Bonchev–Trinajstić information content (AvgIpc) is 2.82. The summed E-state index contributed by atoms with van der Waals surface area (Å²) >= 11 is 1.31. The quantitative estimate of drug-likeness (QED) is 0.367. The number of benzene rings is 1. The lowest BCUT2D eigenvalue weighted by atomic mass is 10.2. The monoisotopic (exact) mass is 235 g/mol. The van der Waals surface area contributed by atoms with Gasteiger partial charge in [0.25, 0.3) is 5.22 Å². The van der Waals surface area contributed by atoms with Crippen LogP contribution in [-0.2, 0) is 0 Å². The van der Waals surface area contributed by atoms with Gasteiger partial charge >= 0.3 is 0 Å². The lowest BCUT2D eigenvalue weighted by Crippen LogP contribution is -2.13. The van der Waals surface area contributed by atoms with Gasteiger partial charge in [0.2, 0.25) is 0 Å². The van der Waals surface area contributed by atoms with Crippen LogP contribution >= 0.6 is 11.8 Å². The third kappa shape index (κ3) is 2.17. The second kappa shape index (κ2) is 4.71. The largest absolute Gasteiger partial charge is 0.440 e. The first-order valence-electron chi connectivity index (χ1n) is 4.45. The van der Waals surface area contributed by atoms with Crippen LogP contribution in [0, 0.1) is 0 Å². The summed E-state index contributed by atoms with van der Waals surface area (Å²) in [6, 6.07) is 7.29. The standard InChI is InChI=1S/C10H9N3O2S/c11-9(13-14)7-3-1-2-4-8(7)16-10-12-5-6-15-10/h1-6,14H,(H2,11,13). The second-order valence-electron chi connectivity index (χ2n) is 2.88.